The average Bonchev–Trinajstić information content (AvgIpc) is 3.51. The summed E-state index contributed by atoms with van der Waals surface area (Å²) in [7, 11) is 0. The molecular formula is C44H56IrN3O2S-. The number of carbonyl (C=O) groups is 1. The van der Waals surface area contributed by atoms with E-state index < -0.39 is 0 Å². The number of benzene rings is 2. The minimum absolute atomic E-state index is 0. The SMILES string of the molecule is CC(C)Cc1cc2cnc(-c3cc(-c4[c-]c5ccccc5c(C(C)(C)C)c4)ncn3)cc2s1.CCC(C)(CC)C(=O)/C=C(\O)C(C)(CC)CC.[Ir]. The van der Waals surface area contributed by atoms with E-state index in [4.69, 9.17) is 4.98 Å². The van der Waals surface area contributed by atoms with Gasteiger partial charge in [-0.15, -0.1) is 40.5 Å². The minimum Gasteiger partial charge on any atom is -0.512 e. The molecule has 7 heteroatoms. The van der Waals surface area contributed by atoms with Gasteiger partial charge < -0.3 is 5.11 Å². The maximum atomic E-state index is 12.2. The van der Waals surface area contributed by atoms with E-state index in [9.17, 15) is 9.90 Å². The number of allylic oxidation sites excluding steroid dienone is 2. The van der Waals surface area contributed by atoms with Crippen LogP contribution in [0.5, 0.6) is 0 Å². The van der Waals surface area contributed by atoms with Crippen LogP contribution in [0.15, 0.2) is 72.9 Å². The average molecular weight is 883 g/mol. The second-order valence-electron chi connectivity index (χ2n) is 15.5. The van der Waals surface area contributed by atoms with Gasteiger partial charge in [0.1, 0.15) is 12.1 Å². The first-order valence-electron chi connectivity index (χ1n) is 18.2. The predicted octanol–water partition coefficient (Wildman–Crippen LogP) is 12.5. The van der Waals surface area contributed by atoms with Crippen molar-refractivity contribution < 1.29 is 30.0 Å². The first-order chi connectivity index (χ1) is 23.6. The van der Waals surface area contributed by atoms with E-state index >= 15 is 0 Å². The van der Waals surface area contributed by atoms with Gasteiger partial charge in [-0.05, 0) is 61.6 Å². The second kappa shape index (κ2) is 17.5. The Morgan fingerprint density at radius 1 is 0.843 bits per heavy atom. The number of fused-ring (bicyclic) bond motifs is 2. The molecule has 5 nitrogen and oxygen atoms in total. The third kappa shape index (κ3) is 10.0. The molecule has 51 heavy (non-hydrogen) atoms. The molecule has 5 rings (SSSR count). The molecule has 1 N–H and O–H groups in total. The number of hydrogen-bond donors (Lipinski definition) is 1. The maximum Gasteiger partial charge on any atom is 0.164 e. The third-order valence-corrected chi connectivity index (χ3v) is 11.6. The smallest absolute Gasteiger partial charge is 0.164 e. The molecular weight excluding hydrogens is 827 g/mol. The Kier molecular flexibility index (Phi) is 14.5. The molecule has 0 saturated carbocycles. The van der Waals surface area contributed by atoms with Crippen LogP contribution in [-0.2, 0) is 36.7 Å². The summed E-state index contributed by atoms with van der Waals surface area (Å²) in [5, 5.41) is 13.7. The standard InChI is InChI=1S/C29H28N3S.C15H28O2.Ir/c1-18(2)10-22-12-21-16-30-27(15-28(21)33-22)26-14-25(31-17-32-26)20-11-19-8-6-7-9-23(19)24(13-20)29(3,4)5;1-7-14(5,8-2)12(16)11-13(17)15(6,9-3)10-4;/h6-9,12-18H,10H2,1-5H3;11,16H,7-10H2,1-6H3;/q-1;;/b;12-11-;. The fourth-order valence-electron chi connectivity index (χ4n) is 5.95. The zero-order valence-corrected chi connectivity index (χ0v) is 35.6. The maximum absolute atomic E-state index is 12.2. The van der Waals surface area contributed by atoms with Crippen molar-refractivity contribution in [1.29, 1.82) is 0 Å². The van der Waals surface area contributed by atoms with Crippen molar-refractivity contribution >= 4 is 38.0 Å². The minimum atomic E-state index is -0.337. The molecule has 0 amide bonds. The van der Waals surface area contributed by atoms with Crippen LogP contribution in [0, 0.1) is 22.8 Å². The van der Waals surface area contributed by atoms with Crippen molar-refractivity contribution in [1.82, 2.24) is 15.0 Å². The Morgan fingerprint density at radius 3 is 2.06 bits per heavy atom. The molecule has 0 saturated heterocycles. The Balaban J connectivity index is 0.000000335. The molecule has 0 unspecified atom stereocenters. The predicted molar refractivity (Wildman–Crippen MR) is 213 cm³/mol. The molecule has 0 atom stereocenters. The van der Waals surface area contributed by atoms with Crippen LogP contribution in [-0.4, -0.2) is 25.8 Å². The fourth-order valence-corrected chi connectivity index (χ4v) is 7.23. The van der Waals surface area contributed by atoms with E-state index in [1.807, 2.05) is 65.1 Å². The summed E-state index contributed by atoms with van der Waals surface area (Å²) in [4.78, 5) is 27.4. The van der Waals surface area contributed by atoms with Gasteiger partial charge in [0, 0.05) is 63.9 Å². The number of aromatic nitrogens is 3. The normalized spacial score (nSPS) is 12.5. The van der Waals surface area contributed by atoms with E-state index in [1.165, 1.54) is 32.0 Å². The first-order valence-corrected chi connectivity index (χ1v) is 19.0. The summed E-state index contributed by atoms with van der Waals surface area (Å²) < 4.78 is 1.25. The van der Waals surface area contributed by atoms with Crippen LogP contribution < -0.4 is 0 Å². The van der Waals surface area contributed by atoms with Gasteiger partial charge in [-0.3, -0.25) is 14.8 Å². The van der Waals surface area contributed by atoms with Crippen molar-refractivity contribution in [3.63, 3.8) is 0 Å². The molecule has 275 valence electrons. The van der Waals surface area contributed by atoms with Crippen molar-refractivity contribution in [2.24, 2.45) is 16.7 Å². The van der Waals surface area contributed by atoms with Gasteiger partial charge >= 0.3 is 0 Å². The Bertz CT molecular complexity index is 1960. The molecule has 0 bridgehead atoms. The van der Waals surface area contributed by atoms with Crippen molar-refractivity contribution in [3.05, 3.63) is 89.4 Å². The van der Waals surface area contributed by atoms with Gasteiger partial charge in [-0.2, -0.15) is 0 Å². The van der Waals surface area contributed by atoms with E-state index in [0.29, 0.717) is 5.92 Å². The van der Waals surface area contributed by atoms with Crippen LogP contribution in [0.2, 0.25) is 0 Å². The number of pyridine rings is 1. The van der Waals surface area contributed by atoms with E-state index in [-0.39, 0.29) is 47.9 Å². The number of rotatable bonds is 11. The summed E-state index contributed by atoms with van der Waals surface area (Å²) >= 11 is 1.85. The Hall–Kier alpha value is -3.25. The summed E-state index contributed by atoms with van der Waals surface area (Å²) in [6.07, 6.45) is 9.45. The molecule has 0 aliphatic rings. The van der Waals surface area contributed by atoms with Crippen LogP contribution >= 0.6 is 11.3 Å². The van der Waals surface area contributed by atoms with Crippen molar-refractivity contribution in [2.75, 3.05) is 0 Å². The van der Waals surface area contributed by atoms with Crippen LogP contribution in [0.1, 0.15) is 112 Å². The number of thiophene rings is 1. The van der Waals surface area contributed by atoms with Crippen LogP contribution in [0.25, 0.3) is 43.5 Å². The molecule has 3 heterocycles. The third-order valence-electron chi connectivity index (χ3n) is 10.5. The van der Waals surface area contributed by atoms with Gasteiger partial charge in [-0.1, -0.05) is 105 Å². The Morgan fingerprint density at radius 2 is 1.45 bits per heavy atom. The molecule has 0 fully saturated rings. The fraction of sp³-hybridized carbons (Fsp3) is 0.455. The van der Waals surface area contributed by atoms with Crippen molar-refractivity contribution in [2.45, 2.75) is 114 Å². The monoisotopic (exact) mass is 883 g/mol. The number of aliphatic hydroxyl groups excluding tert-OH is 1. The van der Waals surface area contributed by atoms with Gasteiger partial charge in [0.25, 0.3) is 0 Å². The summed E-state index contributed by atoms with van der Waals surface area (Å²) in [5.74, 6) is 0.930. The zero-order valence-electron chi connectivity index (χ0n) is 32.4. The van der Waals surface area contributed by atoms with Gasteiger partial charge in [-0.25, -0.2) is 4.98 Å². The Labute approximate surface area is 323 Å². The molecule has 0 spiro atoms. The molecule has 1 radical (unpaired) electrons. The number of carbonyl (C=O) groups excluding carboxylic acids is 1. The van der Waals surface area contributed by atoms with Crippen LogP contribution in [0.3, 0.4) is 0 Å². The molecule has 0 aliphatic carbocycles. The number of hydrogen-bond acceptors (Lipinski definition) is 6. The molecule has 5 aromatic rings. The molecule has 2 aromatic carbocycles. The summed E-state index contributed by atoms with van der Waals surface area (Å²) in [5.41, 5.74) is 4.26. The number of ketones is 1. The molecule has 3 aromatic heterocycles. The summed E-state index contributed by atoms with van der Waals surface area (Å²) in [6.45, 7) is 23.3. The summed E-state index contributed by atoms with van der Waals surface area (Å²) in [6, 6.07) is 20.7. The van der Waals surface area contributed by atoms with Gasteiger partial charge in [0.15, 0.2) is 5.78 Å². The van der Waals surface area contributed by atoms with Gasteiger partial charge in [0.2, 0.25) is 0 Å². The first kappa shape index (κ1) is 42.2. The van der Waals surface area contributed by atoms with E-state index in [2.05, 4.69) is 93.1 Å². The number of nitrogens with zero attached hydrogens (tertiary/aromatic N) is 3. The van der Waals surface area contributed by atoms with Crippen LogP contribution in [0.4, 0.5) is 0 Å². The van der Waals surface area contributed by atoms with Crippen molar-refractivity contribution in [3.8, 4) is 22.6 Å². The van der Waals surface area contributed by atoms with Gasteiger partial charge in [0.05, 0.1) is 11.4 Å². The molecule has 0 aliphatic heterocycles. The topological polar surface area (TPSA) is 76.0 Å². The largest absolute Gasteiger partial charge is 0.512 e. The van der Waals surface area contributed by atoms with E-state index in [0.717, 1.165) is 60.1 Å². The second-order valence-corrected chi connectivity index (χ2v) is 16.7. The zero-order chi connectivity index (χ0) is 36.9. The van der Waals surface area contributed by atoms with E-state index in [1.54, 1.807) is 6.33 Å². The number of aliphatic hydroxyl groups is 1. The quantitative estimate of drug-likeness (QED) is 0.0812.